The Morgan fingerprint density at radius 2 is 1.76 bits per heavy atom. The fourth-order valence-electron chi connectivity index (χ4n) is 3.34. The average molecular weight is 384 g/mol. The van der Waals surface area contributed by atoms with Crippen LogP contribution in [-0.2, 0) is 7.05 Å². The van der Waals surface area contributed by atoms with E-state index in [1.807, 2.05) is 44.4 Å². The van der Waals surface area contributed by atoms with Gasteiger partial charge in [0, 0.05) is 35.4 Å². The van der Waals surface area contributed by atoms with E-state index in [4.69, 9.17) is 4.98 Å². The number of ketones is 1. The van der Waals surface area contributed by atoms with Crippen LogP contribution in [0.5, 0.6) is 0 Å². The lowest BCUT2D eigenvalue weighted by atomic mass is 10.0. The van der Waals surface area contributed by atoms with Gasteiger partial charge in [0.2, 0.25) is 0 Å². The van der Waals surface area contributed by atoms with Crippen LogP contribution in [0.2, 0.25) is 0 Å². The van der Waals surface area contributed by atoms with E-state index in [0.29, 0.717) is 22.5 Å². The molecule has 4 rings (SSSR count). The molecule has 2 aromatic heterocycles. The molecule has 0 aliphatic heterocycles. The summed E-state index contributed by atoms with van der Waals surface area (Å²) < 4.78 is 1.73. The van der Waals surface area contributed by atoms with E-state index in [0.717, 1.165) is 22.2 Å². The number of benzene rings is 2. The Morgan fingerprint density at radius 1 is 1.03 bits per heavy atom. The second-order valence-corrected chi connectivity index (χ2v) is 6.96. The zero-order chi connectivity index (χ0) is 20.5. The molecule has 0 bridgehead atoms. The summed E-state index contributed by atoms with van der Waals surface area (Å²) in [5.74, 6) is -0.249. The van der Waals surface area contributed by atoms with Crippen molar-refractivity contribution in [3.63, 3.8) is 0 Å². The van der Waals surface area contributed by atoms with E-state index < -0.39 is 0 Å². The molecule has 0 saturated heterocycles. The Hall–Kier alpha value is -3.80. The quantitative estimate of drug-likeness (QED) is 0.529. The van der Waals surface area contributed by atoms with Crippen molar-refractivity contribution in [1.82, 2.24) is 14.8 Å². The van der Waals surface area contributed by atoms with Gasteiger partial charge in [-0.05, 0) is 50.2 Å². The predicted molar refractivity (Wildman–Crippen MR) is 113 cm³/mol. The zero-order valence-corrected chi connectivity index (χ0v) is 16.4. The van der Waals surface area contributed by atoms with Crippen molar-refractivity contribution in [2.75, 3.05) is 5.32 Å². The van der Waals surface area contributed by atoms with Crippen LogP contribution in [0.1, 0.15) is 33.3 Å². The number of aryl methyl sites for hydroxylation is 2. The van der Waals surface area contributed by atoms with E-state index in [1.165, 1.54) is 6.92 Å². The van der Waals surface area contributed by atoms with Crippen LogP contribution in [0.4, 0.5) is 5.69 Å². The number of pyridine rings is 1. The Balaban J connectivity index is 1.76. The molecule has 1 amide bonds. The number of nitrogens with one attached hydrogen (secondary N) is 1. The molecule has 2 aromatic carbocycles. The van der Waals surface area contributed by atoms with Gasteiger partial charge in [0.25, 0.3) is 5.91 Å². The molecule has 0 atom stereocenters. The first-order chi connectivity index (χ1) is 13.9. The fourth-order valence-corrected chi connectivity index (χ4v) is 3.34. The van der Waals surface area contributed by atoms with Crippen molar-refractivity contribution >= 4 is 28.3 Å². The molecule has 0 fully saturated rings. The summed E-state index contributed by atoms with van der Waals surface area (Å²) in [4.78, 5) is 29.3. The molecular formula is C23H20N4O2. The van der Waals surface area contributed by atoms with Crippen molar-refractivity contribution in [3.8, 4) is 11.3 Å². The van der Waals surface area contributed by atoms with Gasteiger partial charge in [0.05, 0.1) is 22.5 Å². The highest BCUT2D eigenvalue weighted by molar-refractivity contribution is 6.13. The van der Waals surface area contributed by atoms with Crippen molar-refractivity contribution in [1.29, 1.82) is 0 Å². The van der Waals surface area contributed by atoms with Crippen molar-refractivity contribution in [3.05, 3.63) is 77.6 Å². The molecule has 0 aliphatic carbocycles. The summed E-state index contributed by atoms with van der Waals surface area (Å²) in [5, 5.41) is 8.07. The molecule has 6 heteroatoms. The third-order valence-electron chi connectivity index (χ3n) is 4.80. The molecule has 0 spiro atoms. The summed E-state index contributed by atoms with van der Waals surface area (Å²) in [7, 11) is 1.86. The largest absolute Gasteiger partial charge is 0.322 e. The van der Waals surface area contributed by atoms with Crippen LogP contribution in [-0.4, -0.2) is 26.5 Å². The lowest BCUT2D eigenvalue weighted by Gasteiger charge is -2.10. The van der Waals surface area contributed by atoms with Gasteiger partial charge >= 0.3 is 0 Å². The molecular weight excluding hydrogens is 364 g/mol. The van der Waals surface area contributed by atoms with Gasteiger partial charge in [0.1, 0.15) is 0 Å². The Morgan fingerprint density at radius 3 is 2.41 bits per heavy atom. The molecule has 0 radical (unpaired) electrons. The van der Waals surface area contributed by atoms with Gasteiger partial charge in [-0.15, -0.1) is 0 Å². The number of rotatable bonds is 4. The lowest BCUT2D eigenvalue weighted by molar-refractivity contribution is 0.101. The summed E-state index contributed by atoms with van der Waals surface area (Å²) in [6.07, 6.45) is 1.90. The maximum atomic E-state index is 13.1. The number of aromatic nitrogens is 3. The summed E-state index contributed by atoms with van der Waals surface area (Å²) in [5.41, 5.74) is 4.94. The second kappa shape index (κ2) is 7.31. The third kappa shape index (κ3) is 3.65. The van der Waals surface area contributed by atoms with E-state index in [2.05, 4.69) is 10.4 Å². The van der Waals surface area contributed by atoms with E-state index in [9.17, 15) is 9.59 Å². The number of hydrogen-bond donors (Lipinski definition) is 1. The number of anilines is 1. The number of fused-ring (bicyclic) bond motifs is 1. The summed E-state index contributed by atoms with van der Waals surface area (Å²) in [6.45, 7) is 3.43. The Kier molecular flexibility index (Phi) is 4.68. The van der Waals surface area contributed by atoms with Crippen LogP contribution in [0.3, 0.4) is 0 Å². The van der Waals surface area contributed by atoms with E-state index in [-0.39, 0.29) is 11.7 Å². The smallest absolute Gasteiger partial charge is 0.256 e. The zero-order valence-electron chi connectivity index (χ0n) is 16.4. The number of nitrogens with zero attached hydrogens (tertiary/aromatic N) is 3. The minimum atomic E-state index is -0.234. The summed E-state index contributed by atoms with van der Waals surface area (Å²) >= 11 is 0. The van der Waals surface area contributed by atoms with Crippen LogP contribution >= 0.6 is 0 Å². The fraction of sp³-hybridized carbons (Fsp3) is 0.130. The van der Waals surface area contributed by atoms with Gasteiger partial charge < -0.3 is 5.32 Å². The SMILES string of the molecule is CC(=O)c1ccc(NC(=O)c2cc(-c3cn(C)nc3C)nc3ccccc23)cc1. The molecule has 144 valence electrons. The molecule has 1 N–H and O–H groups in total. The molecule has 0 aliphatic rings. The van der Waals surface area contributed by atoms with Crippen molar-refractivity contribution < 1.29 is 9.59 Å². The minimum Gasteiger partial charge on any atom is -0.322 e. The van der Waals surface area contributed by atoms with Gasteiger partial charge in [0.15, 0.2) is 5.78 Å². The average Bonchev–Trinajstić information content (AvgIpc) is 3.05. The number of carbonyl (C=O) groups excluding carboxylic acids is 2. The topological polar surface area (TPSA) is 76.9 Å². The van der Waals surface area contributed by atoms with Gasteiger partial charge in [-0.25, -0.2) is 4.98 Å². The number of hydrogen-bond acceptors (Lipinski definition) is 4. The first kappa shape index (κ1) is 18.6. The van der Waals surface area contributed by atoms with Gasteiger partial charge in [-0.2, -0.15) is 5.10 Å². The lowest BCUT2D eigenvalue weighted by Crippen LogP contribution is -2.13. The highest BCUT2D eigenvalue weighted by atomic mass is 16.1. The van der Waals surface area contributed by atoms with Crippen LogP contribution < -0.4 is 5.32 Å². The maximum absolute atomic E-state index is 13.1. The molecule has 29 heavy (non-hydrogen) atoms. The second-order valence-electron chi connectivity index (χ2n) is 6.96. The molecule has 0 unspecified atom stereocenters. The standard InChI is InChI=1S/C23H20N4O2/c1-14-20(13-27(3)26-14)22-12-19(18-6-4-5-7-21(18)25-22)23(29)24-17-10-8-16(9-11-17)15(2)28/h4-13H,1-3H3,(H,24,29). The van der Waals surface area contributed by atoms with E-state index >= 15 is 0 Å². The highest BCUT2D eigenvalue weighted by Crippen LogP contribution is 2.27. The Bertz CT molecular complexity index is 1240. The number of para-hydroxylation sites is 1. The minimum absolute atomic E-state index is 0.0144. The highest BCUT2D eigenvalue weighted by Gasteiger charge is 2.16. The van der Waals surface area contributed by atoms with Crippen LogP contribution in [0.15, 0.2) is 60.8 Å². The monoisotopic (exact) mass is 384 g/mol. The van der Waals surface area contributed by atoms with Crippen molar-refractivity contribution in [2.24, 2.45) is 7.05 Å². The summed E-state index contributed by atoms with van der Waals surface area (Å²) in [6, 6.07) is 16.2. The van der Waals surface area contributed by atoms with Crippen LogP contribution in [0.25, 0.3) is 22.2 Å². The Labute approximate surface area is 168 Å². The number of Topliss-reactive ketones (excluding diaryl/α,β-unsaturated/α-hetero) is 1. The van der Waals surface area contributed by atoms with E-state index in [1.54, 1.807) is 35.0 Å². The van der Waals surface area contributed by atoms with Gasteiger partial charge in [-0.3, -0.25) is 14.3 Å². The molecule has 4 aromatic rings. The number of amides is 1. The molecule has 0 saturated carbocycles. The normalized spacial score (nSPS) is 10.9. The molecule has 6 nitrogen and oxygen atoms in total. The third-order valence-corrected chi connectivity index (χ3v) is 4.80. The maximum Gasteiger partial charge on any atom is 0.256 e. The predicted octanol–water partition coefficient (Wildman–Crippen LogP) is 4.40. The molecule has 2 heterocycles. The van der Waals surface area contributed by atoms with Crippen LogP contribution in [0, 0.1) is 6.92 Å². The first-order valence-corrected chi connectivity index (χ1v) is 9.25. The number of carbonyl (C=O) groups is 2. The first-order valence-electron chi connectivity index (χ1n) is 9.25. The van der Waals surface area contributed by atoms with Crippen molar-refractivity contribution in [2.45, 2.75) is 13.8 Å². The van der Waals surface area contributed by atoms with Gasteiger partial charge in [-0.1, -0.05) is 18.2 Å².